The maximum atomic E-state index is 10.3. The zero-order valence-electron chi connectivity index (χ0n) is 14.3. The highest BCUT2D eigenvalue weighted by atomic mass is 35.5. The van der Waals surface area contributed by atoms with E-state index in [1.54, 1.807) is 12.1 Å². The number of halogens is 1. The number of aliphatic hydroxyl groups is 1. The van der Waals surface area contributed by atoms with E-state index in [0.717, 1.165) is 5.56 Å². The molecule has 0 unspecified atom stereocenters. The van der Waals surface area contributed by atoms with Crippen molar-refractivity contribution >= 4 is 12.4 Å². The Balaban J connectivity index is 0.00000288. The predicted molar refractivity (Wildman–Crippen MR) is 98.5 cm³/mol. The summed E-state index contributed by atoms with van der Waals surface area (Å²) in [5, 5.41) is 20.5. The highest BCUT2D eigenvalue weighted by molar-refractivity contribution is 5.85. The van der Waals surface area contributed by atoms with Crippen LogP contribution in [-0.4, -0.2) is 16.3 Å². The molecule has 132 valence electrons. The Bertz CT molecular complexity index is 641. The number of rotatable bonds is 5. The van der Waals surface area contributed by atoms with Crippen molar-refractivity contribution in [3.05, 3.63) is 59.7 Å². The molecule has 5 heteroatoms. The fourth-order valence-corrected chi connectivity index (χ4v) is 2.34. The fourth-order valence-electron chi connectivity index (χ4n) is 2.34. The lowest BCUT2D eigenvalue weighted by molar-refractivity contribution is 0.0394. The molecule has 2 aromatic rings. The average Bonchev–Trinajstić information content (AvgIpc) is 2.52. The van der Waals surface area contributed by atoms with Crippen LogP contribution in [0.4, 0.5) is 0 Å². The monoisotopic (exact) mass is 351 g/mol. The molecule has 0 aliphatic carbocycles. The van der Waals surface area contributed by atoms with Gasteiger partial charge in [0.25, 0.3) is 0 Å². The molecule has 4 nitrogen and oxygen atoms in total. The first-order valence-corrected chi connectivity index (χ1v) is 7.72. The second-order valence-electron chi connectivity index (χ2n) is 6.83. The van der Waals surface area contributed by atoms with Gasteiger partial charge in [-0.2, -0.15) is 0 Å². The van der Waals surface area contributed by atoms with Gasteiger partial charge < -0.3 is 20.7 Å². The Morgan fingerprint density at radius 2 is 1.71 bits per heavy atom. The number of aromatic hydroxyl groups is 1. The summed E-state index contributed by atoms with van der Waals surface area (Å²) in [4.78, 5) is 0. The van der Waals surface area contributed by atoms with Crippen molar-refractivity contribution in [1.82, 2.24) is 0 Å². The van der Waals surface area contributed by atoms with Crippen molar-refractivity contribution in [3.8, 4) is 11.5 Å². The summed E-state index contributed by atoms with van der Waals surface area (Å²) >= 11 is 0. The molecule has 0 aliphatic rings. The number of nitrogens with two attached hydrogens (primary N) is 1. The number of aliphatic hydroxyl groups excluding tert-OH is 1. The lowest BCUT2D eigenvalue weighted by atomic mass is 9.82. The fraction of sp³-hybridized carbons (Fsp3) is 0.368. The summed E-state index contributed by atoms with van der Waals surface area (Å²) in [6.07, 6.45) is -0.760. The SMILES string of the molecule is CC(C)(C)[C@@H](O)[C@@H](N)c1ccc(OCc2ccccc2)cc1O.Cl. The van der Waals surface area contributed by atoms with Gasteiger partial charge in [0.1, 0.15) is 18.1 Å². The van der Waals surface area contributed by atoms with Crippen molar-refractivity contribution in [3.63, 3.8) is 0 Å². The molecule has 0 saturated heterocycles. The second-order valence-corrected chi connectivity index (χ2v) is 6.83. The number of phenols is 1. The van der Waals surface area contributed by atoms with Gasteiger partial charge in [0.05, 0.1) is 12.1 Å². The van der Waals surface area contributed by atoms with Crippen molar-refractivity contribution in [2.75, 3.05) is 0 Å². The lowest BCUT2D eigenvalue weighted by Crippen LogP contribution is -2.36. The third kappa shape index (κ3) is 5.13. The minimum atomic E-state index is -0.760. The molecule has 0 amide bonds. The Morgan fingerprint density at radius 1 is 1.08 bits per heavy atom. The summed E-state index contributed by atoms with van der Waals surface area (Å²) < 4.78 is 5.67. The Labute approximate surface area is 149 Å². The molecule has 0 spiro atoms. The molecule has 0 heterocycles. The van der Waals surface area contributed by atoms with E-state index in [2.05, 4.69) is 0 Å². The van der Waals surface area contributed by atoms with E-state index >= 15 is 0 Å². The Hall–Kier alpha value is -1.75. The van der Waals surface area contributed by atoms with Gasteiger partial charge in [0, 0.05) is 11.6 Å². The van der Waals surface area contributed by atoms with Gasteiger partial charge in [-0.1, -0.05) is 51.1 Å². The third-order valence-electron chi connectivity index (χ3n) is 3.84. The smallest absolute Gasteiger partial charge is 0.124 e. The van der Waals surface area contributed by atoms with E-state index in [1.807, 2.05) is 51.1 Å². The van der Waals surface area contributed by atoms with Crippen LogP contribution in [0, 0.1) is 5.41 Å². The van der Waals surface area contributed by atoms with Crippen LogP contribution in [0.15, 0.2) is 48.5 Å². The number of hydrogen-bond donors (Lipinski definition) is 3. The Kier molecular flexibility index (Phi) is 7.08. The van der Waals surface area contributed by atoms with E-state index in [4.69, 9.17) is 10.5 Å². The van der Waals surface area contributed by atoms with Gasteiger partial charge >= 0.3 is 0 Å². The third-order valence-corrected chi connectivity index (χ3v) is 3.84. The van der Waals surface area contributed by atoms with Crippen molar-refractivity contribution in [2.45, 2.75) is 39.5 Å². The van der Waals surface area contributed by atoms with Crippen molar-refractivity contribution in [2.24, 2.45) is 11.1 Å². The summed E-state index contributed by atoms with van der Waals surface area (Å²) in [6, 6.07) is 14.1. The van der Waals surface area contributed by atoms with Gasteiger partial charge in [-0.3, -0.25) is 0 Å². The highest BCUT2D eigenvalue weighted by Crippen LogP contribution is 2.34. The van der Waals surface area contributed by atoms with E-state index in [1.165, 1.54) is 6.07 Å². The topological polar surface area (TPSA) is 75.7 Å². The molecule has 0 aromatic heterocycles. The summed E-state index contributed by atoms with van der Waals surface area (Å²) in [5.74, 6) is 0.596. The van der Waals surface area contributed by atoms with Crippen LogP contribution >= 0.6 is 12.4 Å². The van der Waals surface area contributed by atoms with Gasteiger partial charge in [-0.25, -0.2) is 0 Å². The molecule has 4 N–H and O–H groups in total. The van der Waals surface area contributed by atoms with Gasteiger partial charge in [-0.15, -0.1) is 12.4 Å². The van der Waals surface area contributed by atoms with Gasteiger partial charge in [0.2, 0.25) is 0 Å². The number of ether oxygens (including phenoxy) is 1. The second kappa shape index (κ2) is 8.38. The number of benzene rings is 2. The first kappa shape index (κ1) is 20.3. The molecule has 2 atom stereocenters. The van der Waals surface area contributed by atoms with Crippen LogP contribution in [0.2, 0.25) is 0 Å². The van der Waals surface area contributed by atoms with Crippen molar-refractivity contribution in [1.29, 1.82) is 0 Å². The standard InChI is InChI=1S/C19H25NO3.ClH/c1-19(2,3)18(22)17(20)15-10-9-14(11-16(15)21)23-12-13-7-5-4-6-8-13;/h4-11,17-18,21-22H,12,20H2,1-3H3;1H/t17-,18-;/m0./s1. The largest absolute Gasteiger partial charge is 0.507 e. The van der Waals surface area contributed by atoms with Crippen molar-refractivity contribution < 1.29 is 14.9 Å². The summed E-state index contributed by atoms with van der Waals surface area (Å²) in [6.45, 7) is 6.15. The molecular formula is C19H26ClNO3. The van der Waals surface area contributed by atoms with E-state index in [0.29, 0.717) is 17.9 Å². The van der Waals surface area contributed by atoms with Gasteiger partial charge in [0.15, 0.2) is 0 Å². The van der Waals surface area contributed by atoms with Crippen LogP contribution in [0.3, 0.4) is 0 Å². The first-order valence-electron chi connectivity index (χ1n) is 7.72. The van der Waals surface area contributed by atoms with Gasteiger partial charge in [-0.05, 0) is 23.1 Å². The zero-order chi connectivity index (χ0) is 17.0. The molecule has 0 fully saturated rings. The zero-order valence-corrected chi connectivity index (χ0v) is 15.1. The van der Waals surface area contributed by atoms with Crippen LogP contribution < -0.4 is 10.5 Å². The number of hydrogen-bond acceptors (Lipinski definition) is 4. The molecule has 2 aromatic carbocycles. The van der Waals surface area contributed by atoms with Crippen LogP contribution in [-0.2, 0) is 6.61 Å². The molecule has 0 aliphatic heterocycles. The van der Waals surface area contributed by atoms with E-state index < -0.39 is 12.1 Å². The van der Waals surface area contributed by atoms with E-state index in [9.17, 15) is 10.2 Å². The molecule has 24 heavy (non-hydrogen) atoms. The Morgan fingerprint density at radius 3 is 2.25 bits per heavy atom. The van der Waals surface area contributed by atoms with Crippen LogP contribution in [0.25, 0.3) is 0 Å². The minimum Gasteiger partial charge on any atom is -0.507 e. The minimum absolute atomic E-state index is 0. The molecule has 0 saturated carbocycles. The van der Waals surface area contributed by atoms with E-state index in [-0.39, 0.29) is 23.6 Å². The first-order chi connectivity index (χ1) is 10.8. The van der Waals surface area contributed by atoms with Crippen LogP contribution in [0.1, 0.15) is 37.9 Å². The normalized spacial score (nSPS) is 13.7. The highest BCUT2D eigenvalue weighted by Gasteiger charge is 2.30. The maximum absolute atomic E-state index is 10.3. The summed E-state index contributed by atoms with van der Waals surface area (Å²) in [7, 11) is 0. The lowest BCUT2D eigenvalue weighted by Gasteiger charge is -2.31. The average molecular weight is 352 g/mol. The van der Waals surface area contributed by atoms with Crippen LogP contribution in [0.5, 0.6) is 11.5 Å². The maximum Gasteiger partial charge on any atom is 0.124 e. The quantitative estimate of drug-likeness (QED) is 0.765. The molecule has 2 rings (SSSR count). The number of phenolic OH excluding ortho intramolecular Hbond substituents is 1. The predicted octanol–water partition coefficient (Wildman–Crippen LogP) is 3.80. The summed E-state index contributed by atoms with van der Waals surface area (Å²) in [5.41, 5.74) is 7.29. The molecular weight excluding hydrogens is 326 g/mol. The molecule has 0 radical (unpaired) electrons. The molecule has 0 bridgehead atoms.